The lowest BCUT2D eigenvalue weighted by atomic mass is 10.2. The van der Waals surface area contributed by atoms with E-state index in [1.807, 2.05) is 13.8 Å². The quantitative estimate of drug-likeness (QED) is 0.818. The van der Waals surface area contributed by atoms with Gasteiger partial charge < -0.3 is 14.7 Å². The van der Waals surface area contributed by atoms with Gasteiger partial charge in [0.15, 0.2) is 5.69 Å². The molecule has 0 unspecified atom stereocenters. The summed E-state index contributed by atoms with van der Waals surface area (Å²) in [5, 5.41) is 8.99. The maximum atomic E-state index is 12.4. The fourth-order valence-corrected chi connectivity index (χ4v) is 1.75. The van der Waals surface area contributed by atoms with Crippen molar-refractivity contribution in [3.63, 3.8) is 0 Å². The maximum Gasteiger partial charge on any atom is 0.323 e. The summed E-state index contributed by atoms with van der Waals surface area (Å²) in [6.45, 7) is 3.69. The van der Waals surface area contributed by atoms with Crippen LogP contribution in [0, 0.1) is 0 Å². The van der Waals surface area contributed by atoms with Crippen LogP contribution >= 0.6 is 11.6 Å². The molecule has 1 N–H and O–H groups in total. The minimum atomic E-state index is -1.12. The molecule has 0 fully saturated rings. The molecule has 0 spiro atoms. The number of rotatable bonds is 7. The first kappa shape index (κ1) is 17.3. The van der Waals surface area contributed by atoms with Crippen LogP contribution in [0.5, 0.6) is 0 Å². The molecule has 0 aliphatic rings. The minimum absolute atomic E-state index is 0.00715. The van der Waals surface area contributed by atoms with Crippen LogP contribution < -0.4 is 0 Å². The van der Waals surface area contributed by atoms with Gasteiger partial charge in [-0.1, -0.05) is 25.4 Å². The number of carbonyl (C=O) groups excluding carboxylic acids is 1. The van der Waals surface area contributed by atoms with E-state index in [2.05, 4.69) is 9.97 Å². The number of nitrogens with zero attached hydrogens (tertiary/aromatic N) is 3. The molecule has 0 aliphatic carbocycles. The number of carbonyl (C=O) groups is 2. The van der Waals surface area contributed by atoms with Crippen LogP contribution in [0.3, 0.4) is 0 Å². The summed E-state index contributed by atoms with van der Waals surface area (Å²) in [7, 11) is 1.47. The van der Waals surface area contributed by atoms with Crippen molar-refractivity contribution in [2.45, 2.75) is 19.8 Å². The Labute approximate surface area is 127 Å². The number of halogens is 1. The van der Waals surface area contributed by atoms with Crippen LogP contribution in [-0.2, 0) is 9.53 Å². The van der Waals surface area contributed by atoms with Crippen molar-refractivity contribution in [3.8, 4) is 0 Å². The number of aromatic nitrogens is 2. The fraction of sp³-hybridized carbons (Fsp3) is 0.538. The second kappa shape index (κ2) is 7.90. The van der Waals surface area contributed by atoms with E-state index in [1.54, 1.807) is 0 Å². The highest BCUT2D eigenvalue weighted by Crippen LogP contribution is 2.18. The molecule has 0 saturated heterocycles. The summed E-state index contributed by atoms with van der Waals surface area (Å²) in [4.78, 5) is 32.6. The Balaban J connectivity index is 3.06. The van der Waals surface area contributed by atoms with Gasteiger partial charge in [-0.3, -0.25) is 9.59 Å². The van der Waals surface area contributed by atoms with Crippen LogP contribution in [0.4, 0.5) is 0 Å². The van der Waals surface area contributed by atoms with Crippen molar-refractivity contribution >= 4 is 23.5 Å². The van der Waals surface area contributed by atoms with E-state index >= 15 is 0 Å². The molecule has 1 heterocycles. The average Bonchev–Trinajstić information content (AvgIpc) is 2.42. The van der Waals surface area contributed by atoms with Gasteiger partial charge in [0.05, 0.1) is 17.8 Å². The van der Waals surface area contributed by atoms with Crippen molar-refractivity contribution in [1.29, 1.82) is 0 Å². The Hall–Kier alpha value is -1.73. The molecule has 1 amide bonds. The van der Waals surface area contributed by atoms with Crippen molar-refractivity contribution < 1.29 is 19.4 Å². The molecule has 0 aromatic carbocycles. The van der Waals surface area contributed by atoms with Gasteiger partial charge in [-0.25, -0.2) is 9.97 Å². The zero-order valence-corrected chi connectivity index (χ0v) is 12.9. The van der Waals surface area contributed by atoms with Crippen LogP contribution in [0.2, 0.25) is 5.02 Å². The molecule has 116 valence electrons. The van der Waals surface area contributed by atoms with Gasteiger partial charge in [-0.05, 0) is 0 Å². The second-order valence-electron chi connectivity index (χ2n) is 4.69. The molecule has 21 heavy (non-hydrogen) atoms. The lowest BCUT2D eigenvalue weighted by Gasteiger charge is -2.20. The summed E-state index contributed by atoms with van der Waals surface area (Å²) in [5.41, 5.74) is 0.00715. The third-order valence-corrected chi connectivity index (χ3v) is 2.94. The van der Waals surface area contributed by atoms with Gasteiger partial charge in [0, 0.05) is 19.6 Å². The summed E-state index contributed by atoms with van der Waals surface area (Å²) in [6.07, 6.45) is 1.35. The van der Waals surface area contributed by atoms with Crippen molar-refractivity contribution in [2.75, 3.05) is 26.8 Å². The number of carboxylic acids is 1. The van der Waals surface area contributed by atoms with Crippen molar-refractivity contribution in [3.05, 3.63) is 22.7 Å². The van der Waals surface area contributed by atoms with Crippen molar-refractivity contribution in [1.82, 2.24) is 14.9 Å². The Morgan fingerprint density at radius 1 is 1.48 bits per heavy atom. The lowest BCUT2D eigenvalue weighted by Crippen LogP contribution is -2.38. The largest absolute Gasteiger partial charge is 0.480 e. The molecule has 1 aromatic rings. The third kappa shape index (κ3) is 4.95. The lowest BCUT2D eigenvalue weighted by molar-refractivity contribution is -0.137. The van der Waals surface area contributed by atoms with E-state index in [-0.39, 0.29) is 29.8 Å². The van der Waals surface area contributed by atoms with Gasteiger partial charge in [-0.15, -0.1) is 0 Å². The van der Waals surface area contributed by atoms with Gasteiger partial charge in [-0.2, -0.15) is 0 Å². The SMILES string of the molecule is COCCN(CC(=O)O)C(=O)c1nc(C(C)C)ncc1Cl. The smallest absolute Gasteiger partial charge is 0.323 e. The fourth-order valence-electron chi connectivity index (χ4n) is 1.58. The molecule has 0 radical (unpaired) electrons. The topological polar surface area (TPSA) is 92.6 Å². The average molecular weight is 316 g/mol. The second-order valence-corrected chi connectivity index (χ2v) is 5.10. The number of methoxy groups -OCH3 is 1. The first-order valence-electron chi connectivity index (χ1n) is 6.39. The normalized spacial score (nSPS) is 10.7. The van der Waals surface area contributed by atoms with Crippen LogP contribution in [0.15, 0.2) is 6.20 Å². The Kier molecular flexibility index (Phi) is 6.51. The predicted octanol–water partition coefficient (Wildman–Crippen LogP) is 1.43. The van der Waals surface area contributed by atoms with E-state index in [0.29, 0.717) is 5.82 Å². The number of amides is 1. The highest BCUT2D eigenvalue weighted by Gasteiger charge is 2.23. The maximum absolute atomic E-state index is 12.4. The molecule has 0 aliphatic heterocycles. The Morgan fingerprint density at radius 3 is 2.67 bits per heavy atom. The van der Waals surface area contributed by atoms with E-state index in [9.17, 15) is 9.59 Å². The monoisotopic (exact) mass is 315 g/mol. The number of aliphatic carboxylic acids is 1. The van der Waals surface area contributed by atoms with Crippen LogP contribution in [-0.4, -0.2) is 58.7 Å². The molecular formula is C13H18ClN3O4. The zero-order chi connectivity index (χ0) is 16.0. The molecule has 0 atom stereocenters. The summed E-state index contributed by atoms with van der Waals surface area (Å²) in [6, 6.07) is 0. The molecular weight excluding hydrogens is 298 g/mol. The van der Waals surface area contributed by atoms with Crippen LogP contribution in [0.1, 0.15) is 36.1 Å². The standard InChI is InChI=1S/C13H18ClN3O4/c1-8(2)12-15-6-9(14)11(16-12)13(20)17(4-5-21-3)7-10(18)19/h6,8H,4-5,7H2,1-3H3,(H,18,19). The van der Waals surface area contributed by atoms with Gasteiger partial charge in [0.1, 0.15) is 12.4 Å². The summed E-state index contributed by atoms with van der Waals surface area (Å²) >= 11 is 5.96. The summed E-state index contributed by atoms with van der Waals surface area (Å²) in [5.74, 6) is -1.16. The van der Waals surface area contributed by atoms with Crippen LogP contribution in [0.25, 0.3) is 0 Å². The highest BCUT2D eigenvalue weighted by molar-refractivity contribution is 6.33. The minimum Gasteiger partial charge on any atom is -0.480 e. The molecule has 0 bridgehead atoms. The van der Waals surface area contributed by atoms with Gasteiger partial charge >= 0.3 is 5.97 Å². The molecule has 7 nitrogen and oxygen atoms in total. The number of ether oxygens (including phenoxy) is 1. The number of carboxylic acid groups (broad SMARTS) is 1. The van der Waals surface area contributed by atoms with E-state index < -0.39 is 18.4 Å². The third-order valence-electron chi connectivity index (χ3n) is 2.66. The first-order valence-corrected chi connectivity index (χ1v) is 6.77. The summed E-state index contributed by atoms with van der Waals surface area (Å²) < 4.78 is 4.88. The number of hydrogen-bond acceptors (Lipinski definition) is 5. The predicted molar refractivity (Wildman–Crippen MR) is 76.5 cm³/mol. The first-order chi connectivity index (χ1) is 9.86. The zero-order valence-electron chi connectivity index (χ0n) is 12.2. The van der Waals surface area contributed by atoms with E-state index in [1.165, 1.54) is 13.3 Å². The van der Waals surface area contributed by atoms with Gasteiger partial charge in [0.25, 0.3) is 5.91 Å². The Bertz CT molecular complexity index is 522. The highest BCUT2D eigenvalue weighted by atomic mass is 35.5. The van der Waals surface area contributed by atoms with Crippen molar-refractivity contribution in [2.24, 2.45) is 0 Å². The molecule has 8 heteroatoms. The molecule has 1 aromatic heterocycles. The molecule has 1 rings (SSSR count). The Morgan fingerprint density at radius 2 is 2.14 bits per heavy atom. The molecule has 0 saturated carbocycles. The van der Waals surface area contributed by atoms with E-state index in [0.717, 1.165) is 4.90 Å². The van der Waals surface area contributed by atoms with E-state index in [4.69, 9.17) is 21.4 Å². The van der Waals surface area contributed by atoms with Gasteiger partial charge in [0.2, 0.25) is 0 Å². The number of hydrogen-bond donors (Lipinski definition) is 1.